The summed E-state index contributed by atoms with van der Waals surface area (Å²) >= 11 is 0. The van der Waals surface area contributed by atoms with Gasteiger partial charge in [-0.3, -0.25) is 4.79 Å². The molecule has 26 heavy (non-hydrogen) atoms. The molecule has 2 aromatic rings. The number of nitrogens with one attached hydrogen (secondary N) is 1. The van der Waals surface area contributed by atoms with Crippen LogP contribution in [0, 0.1) is 0 Å². The zero-order valence-electron chi connectivity index (χ0n) is 14.2. The highest BCUT2D eigenvalue weighted by Crippen LogP contribution is 2.34. The van der Waals surface area contributed by atoms with Crippen LogP contribution in [-0.2, 0) is 9.53 Å². The number of hydrogen-bond donors (Lipinski definition) is 1. The summed E-state index contributed by atoms with van der Waals surface area (Å²) in [6.45, 7) is -0.295. The Hall–Kier alpha value is -3.42. The number of fused-ring (bicyclic) bond motifs is 1. The summed E-state index contributed by atoms with van der Waals surface area (Å²) in [5.74, 6) is 0.836. The SMILES string of the molecule is COc1ccc(C(=O)OCC(=O)Nc2ccc3c(c2)OCO3)c(OC)c1. The lowest BCUT2D eigenvalue weighted by atomic mass is 10.2. The standard InChI is InChI=1S/C18H17NO7/c1-22-12-4-5-13(15(8-12)23-2)18(21)24-9-17(20)19-11-3-6-14-16(7-11)26-10-25-14/h3-8H,9-10H2,1-2H3,(H,19,20). The van der Waals surface area contributed by atoms with Crippen molar-refractivity contribution in [3.63, 3.8) is 0 Å². The Kier molecular flexibility index (Phi) is 5.12. The van der Waals surface area contributed by atoms with E-state index in [-0.39, 0.29) is 12.4 Å². The molecule has 0 aliphatic carbocycles. The zero-order chi connectivity index (χ0) is 18.5. The van der Waals surface area contributed by atoms with Gasteiger partial charge >= 0.3 is 5.97 Å². The van der Waals surface area contributed by atoms with Gasteiger partial charge < -0.3 is 29.0 Å². The molecule has 8 heteroatoms. The molecule has 0 spiro atoms. The van der Waals surface area contributed by atoms with Gasteiger partial charge in [-0.25, -0.2) is 4.79 Å². The molecule has 1 amide bonds. The minimum absolute atomic E-state index is 0.147. The lowest BCUT2D eigenvalue weighted by molar-refractivity contribution is -0.119. The lowest BCUT2D eigenvalue weighted by Crippen LogP contribution is -2.21. The van der Waals surface area contributed by atoms with Crippen LogP contribution in [0.4, 0.5) is 5.69 Å². The normalized spacial score (nSPS) is 11.6. The number of esters is 1. The molecular formula is C18H17NO7. The van der Waals surface area contributed by atoms with Crippen molar-refractivity contribution >= 4 is 17.6 Å². The average Bonchev–Trinajstić information content (AvgIpc) is 3.13. The summed E-state index contributed by atoms with van der Waals surface area (Å²) in [5, 5.41) is 2.62. The quantitative estimate of drug-likeness (QED) is 0.791. The molecule has 0 radical (unpaired) electrons. The Morgan fingerprint density at radius 2 is 1.85 bits per heavy atom. The van der Waals surface area contributed by atoms with Gasteiger partial charge in [-0.15, -0.1) is 0 Å². The number of rotatable bonds is 6. The van der Waals surface area contributed by atoms with Crippen LogP contribution in [0.3, 0.4) is 0 Å². The molecule has 1 N–H and O–H groups in total. The van der Waals surface area contributed by atoms with E-state index in [4.69, 9.17) is 23.7 Å². The first-order valence-corrected chi connectivity index (χ1v) is 7.69. The maximum atomic E-state index is 12.2. The molecule has 1 aliphatic rings. The number of anilines is 1. The molecule has 136 valence electrons. The second kappa shape index (κ2) is 7.64. The van der Waals surface area contributed by atoms with Crippen LogP contribution < -0.4 is 24.3 Å². The number of benzene rings is 2. The van der Waals surface area contributed by atoms with E-state index in [1.165, 1.54) is 20.3 Å². The van der Waals surface area contributed by atoms with Gasteiger partial charge in [0.2, 0.25) is 6.79 Å². The number of hydrogen-bond acceptors (Lipinski definition) is 7. The highest BCUT2D eigenvalue weighted by atomic mass is 16.7. The van der Waals surface area contributed by atoms with Crippen molar-refractivity contribution in [3.8, 4) is 23.0 Å². The molecule has 1 aliphatic heterocycles. The molecule has 2 aromatic carbocycles. The molecule has 1 heterocycles. The van der Waals surface area contributed by atoms with Gasteiger partial charge in [-0.2, -0.15) is 0 Å². The maximum absolute atomic E-state index is 12.2. The number of amides is 1. The fourth-order valence-corrected chi connectivity index (χ4v) is 2.35. The second-order valence-electron chi connectivity index (χ2n) is 5.26. The highest BCUT2D eigenvalue weighted by molar-refractivity contribution is 5.97. The van der Waals surface area contributed by atoms with Crippen LogP contribution in [0.1, 0.15) is 10.4 Å². The first-order valence-electron chi connectivity index (χ1n) is 7.69. The Balaban J connectivity index is 1.58. The molecule has 0 aromatic heterocycles. The minimum Gasteiger partial charge on any atom is -0.497 e. The molecular weight excluding hydrogens is 342 g/mol. The molecule has 0 unspecified atom stereocenters. The zero-order valence-corrected chi connectivity index (χ0v) is 14.2. The van der Waals surface area contributed by atoms with E-state index in [2.05, 4.69) is 5.32 Å². The van der Waals surface area contributed by atoms with E-state index >= 15 is 0 Å². The number of methoxy groups -OCH3 is 2. The molecule has 0 bridgehead atoms. The predicted molar refractivity (Wildman–Crippen MR) is 91.0 cm³/mol. The van der Waals surface area contributed by atoms with Crippen LogP contribution in [0.15, 0.2) is 36.4 Å². The Morgan fingerprint density at radius 1 is 1.04 bits per heavy atom. The van der Waals surface area contributed by atoms with Gasteiger partial charge in [0.25, 0.3) is 5.91 Å². The van der Waals surface area contributed by atoms with Crippen molar-refractivity contribution in [1.29, 1.82) is 0 Å². The van der Waals surface area contributed by atoms with Gasteiger partial charge in [0.1, 0.15) is 17.1 Å². The maximum Gasteiger partial charge on any atom is 0.342 e. The summed E-state index contributed by atoms with van der Waals surface area (Å²) < 4.78 is 25.7. The molecule has 0 saturated carbocycles. The fraction of sp³-hybridized carbons (Fsp3) is 0.222. The van der Waals surface area contributed by atoms with E-state index in [0.29, 0.717) is 28.7 Å². The van der Waals surface area contributed by atoms with Crippen molar-refractivity contribution in [2.45, 2.75) is 0 Å². The third kappa shape index (κ3) is 3.80. The van der Waals surface area contributed by atoms with E-state index in [1.807, 2.05) is 0 Å². The van der Waals surface area contributed by atoms with Crippen LogP contribution in [0.2, 0.25) is 0 Å². The fourth-order valence-electron chi connectivity index (χ4n) is 2.35. The van der Waals surface area contributed by atoms with Crippen molar-refractivity contribution in [3.05, 3.63) is 42.0 Å². The van der Waals surface area contributed by atoms with Crippen LogP contribution >= 0.6 is 0 Å². The van der Waals surface area contributed by atoms with Crippen molar-refractivity contribution in [2.75, 3.05) is 32.9 Å². The summed E-state index contributed by atoms with van der Waals surface area (Å²) in [6.07, 6.45) is 0. The average molecular weight is 359 g/mol. The first-order chi connectivity index (χ1) is 12.6. The summed E-state index contributed by atoms with van der Waals surface area (Å²) in [5.41, 5.74) is 0.710. The largest absolute Gasteiger partial charge is 0.497 e. The van der Waals surface area contributed by atoms with E-state index < -0.39 is 18.5 Å². The number of ether oxygens (including phenoxy) is 5. The minimum atomic E-state index is -0.676. The van der Waals surface area contributed by atoms with Crippen LogP contribution in [0.25, 0.3) is 0 Å². The molecule has 8 nitrogen and oxygen atoms in total. The van der Waals surface area contributed by atoms with E-state index in [0.717, 1.165) is 0 Å². The van der Waals surface area contributed by atoms with Gasteiger partial charge in [-0.05, 0) is 24.3 Å². The van der Waals surface area contributed by atoms with Gasteiger partial charge in [-0.1, -0.05) is 0 Å². The summed E-state index contributed by atoms with van der Waals surface area (Å²) in [6, 6.07) is 9.66. The van der Waals surface area contributed by atoms with E-state index in [9.17, 15) is 9.59 Å². The number of carbonyl (C=O) groups excluding carboxylic acids is 2. The highest BCUT2D eigenvalue weighted by Gasteiger charge is 2.17. The third-order valence-electron chi connectivity index (χ3n) is 3.62. The van der Waals surface area contributed by atoms with Crippen molar-refractivity contribution < 1.29 is 33.3 Å². The van der Waals surface area contributed by atoms with Crippen molar-refractivity contribution in [2.24, 2.45) is 0 Å². The Bertz CT molecular complexity index is 834. The van der Waals surface area contributed by atoms with Crippen LogP contribution in [0.5, 0.6) is 23.0 Å². The first kappa shape index (κ1) is 17.4. The predicted octanol–water partition coefficient (Wildman–Crippen LogP) is 2.23. The topological polar surface area (TPSA) is 92.3 Å². The third-order valence-corrected chi connectivity index (χ3v) is 3.62. The van der Waals surface area contributed by atoms with Gasteiger partial charge in [0.05, 0.1) is 14.2 Å². The van der Waals surface area contributed by atoms with E-state index in [1.54, 1.807) is 30.3 Å². The van der Waals surface area contributed by atoms with Crippen LogP contribution in [-0.4, -0.2) is 39.5 Å². The Morgan fingerprint density at radius 3 is 2.62 bits per heavy atom. The monoisotopic (exact) mass is 359 g/mol. The van der Waals surface area contributed by atoms with Gasteiger partial charge in [0, 0.05) is 17.8 Å². The molecule has 0 fully saturated rings. The lowest BCUT2D eigenvalue weighted by Gasteiger charge is -2.10. The molecule has 0 atom stereocenters. The van der Waals surface area contributed by atoms with Gasteiger partial charge in [0.15, 0.2) is 18.1 Å². The molecule has 0 saturated heterocycles. The molecule has 3 rings (SSSR count). The smallest absolute Gasteiger partial charge is 0.342 e. The summed E-state index contributed by atoms with van der Waals surface area (Å²) in [7, 11) is 2.94. The second-order valence-corrected chi connectivity index (χ2v) is 5.26. The van der Waals surface area contributed by atoms with Crippen molar-refractivity contribution in [1.82, 2.24) is 0 Å². The number of carbonyl (C=O) groups is 2. The Labute approximate surface area is 149 Å². The summed E-state index contributed by atoms with van der Waals surface area (Å²) in [4.78, 5) is 24.2.